The van der Waals surface area contributed by atoms with Crippen molar-refractivity contribution in [3.8, 4) is 0 Å². The van der Waals surface area contributed by atoms with Crippen molar-refractivity contribution in [3.63, 3.8) is 0 Å². The Hall–Kier alpha value is -1.81. The molecule has 1 unspecified atom stereocenters. The summed E-state index contributed by atoms with van der Waals surface area (Å²) in [6.45, 7) is 2.28. The fourth-order valence-electron chi connectivity index (χ4n) is 4.94. The molecule has 0 aromatic rings. The van der Waals surface area contributed by atoms with Crippen LogP contribution in [0.25, 0.3) is 0 Å². The van der Waals surface area contributed by atoms with E-state index in [1.165, 1.54) is 51.4 Å². The van der Waals surface area contributed by atoms with Crippen LogP contribution in [-0.4, -0.2) is 65.7 Å². The molecule has 0 bridgehead atoms. The fraction of sp³-hybridized carbons (Fsp3) is 0.795. The smallest absolute Gasteiger partial charge is 0.462 e. The summed E-state index contributed by atoms with van der Waals surface area (Å²) in [6.07, 6.45) is 34.0. The average Bonchev–Trinajstić information content (AvgIpc) is 3.10. The van der Waals surface area contributed by atoms with Crippen molar-refractivity contribution in [1.29, 1.82) is 0 Å². The van der Waals surface area contributed by atoms with Gasteiger partial charge in [0.2, 0.25) is 0 Å². The van der Waals surface area contributed by atoms with Crippen molar-refractivity contribution in [3.05, 3.63) is 36.5 Å². The van der Waals surface area contributed by atoms with Crippen LogP contribution in [0.3, 0.4) is 0 Å². The van der Waals surface area contributed by atoms with Crippen LogP contribution in [0.5, 0.6) is 0 Å². The van der Waals surface area contributed by atoms with Gasteiger partial charge in [-0.1, -0.05) is 121 Å². The molecule has 0 spiro atoms. The van der Waals surface area contributed by atoms with Gasteiger partial charge in [-0.15, -0.1) is 0 Å². The molecule has 0 saturated carbocycles. The first-order chi connectivity index (χ1) is 24.2. The molecule has 0 rings (SSSR count). The Bertz CT molecular complexity index is 936. The Balaban J connectivity index is 4.41. The third-order valence-electron chi connectivity index (χ3n) is 8.02. The van der Waals surface area contributed by atoms with Crippen LogP contribution >= 0.6 is 7.82 Å². The Morgan fingerprint density at radius 2 is 1.06 bits per heavy atom. The van der Waals surface area contributed by atoms with E-state index in [2.05, 4.69) is 54.8 Å². The Morgan fingerprint density at radius 1 is 0.600 bits per heavy atom. The monoisotopic (exact) mass is 730 g/mol. The van der Waals surface area contributed by atoms with Crippen molar-refractivity contribution < 1.29 is 47.8 Å². The third-order valence-corrected chi connectivity index (χ3v) is 8.97. The molecule has 50 heavy (non-hydrogen) atoms. The lowest BCUT2D eigenvalue weighted by atomic mass is 10.1. The normalized spacial score (nSPS) is 14.4. The minimum absolute atomic E-state index is 0.161. The van der Waals surface area contributed by atoms with Gasteiger partial charge in [0.05, 0.1) is 19.8 Å². The molecular formula is C39H71O10P. The predicted molar refractivity (Wildman–Crippen MR) is 201 cm³/mol. The first kappa shape index (κ1) is 48.2. The summed E-state index contributed by atoms with van der Waals surface area (Å²) in [5, 5.41) is 18.3. The van der Waals surface area contributed by atoms with Gasteiger partial charge in [-0.05, 0) is 64.2 Å². The maximum absolute atomic E-state index is 12.5. The number of esters is 2. The van der Waals surface area contributed by atoms with Crippen LogP contribution in [0.15, 0.2) is 36.5 Å². The van der Waals surface area contributed by atoms with Gasteiger partial charge >= 0.3 is 19.8 Å². The summed E-state index contributed by atoms with van der Waals surface area (Å²) in [5.74, 6) is -0.962. The summed E-state index contributed by atoms with van der Waals surface area (Å²) < 4.78 is 32.6. The molecule has 0 saturated heterocycles. The number of phosphoric ester groups is 1. The van der Waals surface area contributed by atoms with E-state index in [9.17, 15) is 24.2 Å². The molecule has 0 heterocycles. The number of ether oxygens (including phenoxy) is 2. The first-order valence-corrected chi connectivity index (χ1v) is 20.9. The topological polar surface area (TPSA) is 149 Å². The molecule has 292 valence electrons. The van der Waals surface area contributed by atoms with E-state index < -0.39 is 51.8 Å². The van der Waals surface area contributed by atoms with Crippen LogP contribution in [0, 0.1) is 0 Å². The van der Waals surface area contributed by atoms with E-state index in [0.717, 1.165) is 70.6 Å². The highest BCUT2D eigenvalue weighted by atomic mass is 31.2. The lowest BCUT2D eigenvalue weighted by Gasteiger charge is -2.20. The van der Waals surface area contributed by atoms with Gasteiger partial charge in [-0.25, -0.2) is 4.57 Å². The van der Waals surface area contributed by atoms with Crippen LogP contribution in [0.4, 0.5) is 0 Å². The van der Waals surface area contributed by atoms with E-state index in [1.807, 2.05) is 0 Å². The van der Waals surface area contributed by atoms with Crippen LogP contribution < -0.4 is 0 Å². The van der Waals surface area contributed by atoms with E-state index >= 15 is 0 Å². The molecule has 0 aromatic heterocycles. The van der Waals surface area contributed by atoms with Gasteiger partial charge < -0.3 is 24.6 Å². The Labute approximate surface area is 303 Å². The zero-order valence-corrected chi connectivity index (χ0v) is 32.3. The summed E-state index contributed by atoms with van der Waals surface area (Å²) >= 11 is 0. The number of hydrogen-bond donors (Lipinski definition) is 3. The minimum atomic E-state index is -4.62. The molecule has 0 amide bonds. The fourth-order valence-corrected chi connectivity index (χ4v) is 5.73. The summed E-state index contributed by atoms with van der Waals surface area (Å²) in [6, 6.07) is 0. The zero-order chi connectivity index (χ0) is 37.0. The maximum Gasteiger partial charge on any atom is 0.472 e. The van der Waals surface area contributed by atoms with Gasteiger partial charge in [-0.3, -0.25) is 18.6 Å². The number of phosphoric acid groups is 1. The number of carbonyl (C=O) groups excluding carboxylic acids is 2. The number of unbranched alkanes of at least 4 members (excludes halogenated alkanes) is 16. The van der Waals surface area contributed by atoms with Crippen molar-refractivity contribution in [2.24, 2.45) is 0 Å². The van der Waals surface area contributed by atoms with Crippen LogP contribution in [-0.2, 0) is 32.7 Å². The number of allylic oxidation sites excluding steroid dienone is 6. The van der Waals surface area contributed by atoms with Gasteiger partial charge in [-0.2, -0.15) is 0 Å². The molecule has 0 radical (unpaired) electrons. The zero-order valence-electron chi connectivity index (χ0n) is 31.4. The molecule has 0 fully saturated rings. The second kappa shape index (κ2) is 35.6. The SMILES string of the molecule is CCCC/C=C/C/C=C/CCCCCCCC(=O)OC[C@H](COP(=O)(O)OC[C@@H](O)CO)OC(=O)CCCCC/C=C/CCCCCCCC. The lowest BCUT2D eigenvalue weighted by Crippen LogP contribution is -2.29. The third kappa shape index (κ3) is 34.6. The summed E-state index contributed by atoms with van der Waals surface area (Å²) in [4.78, 5) is 34.8. The number of aliphatic hydroxyl groups excluding tert-OH is 2. The first-order valence-electron chi connectivity index (χ1n) is 19.4. The Morgan fingerprint density at radius 3 is 1.64 bits per heavy atom. The highest BCUT2D eigenvalue weighted by Gasteiger charge is 2.27. The highest BCUT2D eigenvalue weighted by Crippen LogP contribution is 2.43. The van der Waals surface area contributed by atoms with E-state index in [4.69, 9.17) is 19.1 Å². The Kier molecular flexibility index (Phi) is 34.3. The van der Waals surface area contributed by atoms with Crippen molar-refractivity contribution in [2.75, 3.05) is 26.4 Å². The number of aliphatic hydroxyl groups is 2. The molecule has 0 aliphatic rings. The quantitative estimate of drug-likeness (QED) is 0.0246. The molecule has 0 aromatic carbocycles. The van der Waals surface area contributed by atoms with Gasteiger partial charge in [0.1, 0.15) is 12.7 Å². The van der Waals surface area contributed by atoms with Gasteiger partial charge in [0.25, 0.3) is 0 Å². The van der Waals surface area contributed by atoms with Crippen molar-refractivity contribution >= 4 is 19.8 Å². The number of rotatable bonds is 36. The minimum Gasteiger partial charge on any atom is -0.462 e. The number of carbonyl (C=O) groups is 2. The summed E-state index contributed by atoms with van der Waals surface area (Å²) in [5.41, 5.74) is 0. The molecule has 0 aliphatic heterocycles. The summed E-state index contributed by atoms with van der Waals surface area (Å²) in [7, 11) is -4.62. The number of hydrogen-bond acceptors (Lipinski definition) is 9. The van der Waals surface area contributed by atoms with E-state index in [-0.39, 0.29) is 19.4 Å². The van der Waals surface area contributed by atoms with Crippen molar-refractivity contribution in [2.45, 2.75) is 174 Å². The van der Waals surface area contributed by atoms with Crippen LogP contribution in [0.2, 0.25) is 0 Å². The average molecular weight is 731 g/mol. The lowest BCUT2D eigenvalue weighted by molar-refractivity contribution is -0.161. The molecule has 3 N–H and O–H groups in total. The predicted octanol–water partition coefficient (Wildman–Crippen LogP) is 9.61. The molecule has 11 heteroatoms. The standard InChI is InChI=1S/C39H71O10P/c1-3-5-7-9-11-13-15-17-19-20-22-24-26-28-30-38(42)46-34-37(35-48-50(44,45)47-33-36(41)32-40)49-39(43)31-29-27-25-23-21-18-16-14-12-10-8-6-4-2/h9,11,15,17-18,21,36-37,40-41H,3-8,10,12-14,16,19-20,22-35H2,1-2H3,(H,44,45)/b11-9+,17-15+,21-18+/t36-,37+/m0/s1. The maximum atomic E-state index is 12.5. The largest absolute Gasteiger partial charge is 0.472 e. The second-order valence-corrected chi connectivity index (χ2v) is 14.4. The highest BCUT2D eigenvalue weighted by molar-refractivity contribution is 7.47. The van der Waals surface area contributed by atoms with E-state index in [1.54, 1.807) is 0 Å². The van der Waals surface area contributed by atoms with Crippen molar-refractivity contribution in [1.82, 2.24) is 0 Å². The molecule has 3 atom stereocenters. The second-order valence-electron chi connectivity index (χ2n) is 12.9. The van der Waals surface area contributed by atoms with Gasteiger partial charge in [0, 0.05) is 12.8 Å². The molecule has 10 nitrogen and oxygen atoms in total. The molecular weight excluding hydrogens is 659 g/mol. The molecule has 0 aliphatic carbocycles. The van der Waals surface area contributed by atoms with E-state index in [0.29, 0.717) is 12.8 Å². The van der Waals surface area contributed by atoms with Gasteiger partial charge in [0.15, 0.2) is 6.10 Å². The van der Waals surface area contributed by atoms with Crippen LogP contribution in [0.1, 0.15) is 162 Å².